The lowest BCUT2D eigenvalue weighted by Crippen LogP contribution is -2.41. The van der Waals surface area contributed by atoms with Crippen LogP contribution in [0, 0.1) is 6.92 Å². The van der Waals surface area contributed by atoms with Gasteiger partial charge in [0.15, 0.2) is 0 Å². The minimum absolute atomic E-state index is 0.000845. The van der Waals surface area contributed by atoms with Crippen molar-refractivity contribution in [3.63, 3.8) is 0 Å². The Morgan fingerprint density at radius 2 is 2.00 bits per heavy atom. The van der Waals surface area contributed by atoms with Crippen molar-refractivity contribution in [1.29, 1.82) is 0 Å². The fourth-order valence-corrected chi connectivity index (χ4v) is 1.94. The molecule has 2 amide bonds. The number of benzene rings is 1. The van der Waals surface area contributed by atoms with Gasteiger partial charge in [-0.15, -0.1) is 0 Å². The van der Waals surface area contributed by atoms with Crippen molar-refractivity contribution < 1.29 is 19.5 Å². The molecule has 0 aliphatic rings. The number of aliphatic carboxylic acids is 1. The minimum Gasteiger partial charge on any atom is -0.480 e. The van der Waals surface area contributed by atoms with E-state index in [1.165, 1.54) is 0 Å². The maximum atomic E-state index is 11.8. The fourth-order valence-electron chi connectivity index (χ4n) is 1.94. The molecule has 0 spiro atoms. The molecule has 0 aliphatic carbocycles. The SMILES string of the molecule is Cc1cccc(CCC(=O)N[C@H](CCC(N)=O)C(=O)O)c1. The molecule has 0 saturated carbocycles. The van der Waals surface area contributed by atoms with Crippen molar-refractivity contribution in [2.24, 2.45) is 5.73 Å². The molecular formula is C15H20N2O4. The van der Waals surface area contributed by atoms with Crippen LogP contribution < -0.4 is 11.1 Å². The molecule has 0 bridgehead atoms. The fraction of sp³-hybridized carbons (Fsp3) is 0.400. The summed E-state index contributed by atoms with van der Waals surface area (Å²) in [6.45, 7) is 1.97. The smallest absolute Gasteiger partial charge is 0.326 e. The third-order valence-corrected chi connectivity index (χ3v) is 3.04. The highest BCUT2D eigenvalue weighted by atomic mass is 16.4. The van der Waals surface area contributed by atoms with Gasteiger partial charge in [-0.25, -0.2) is 4.79 Å². The topological polar surface area (TPSA) is 109 Å². The summed E-state index contributed by atoms with van der Waals surface area (Å²) in [6.07, 6.45) is 0.662. The molecule has 0 radical (unpaired) electrons. The molecular weight excluding hydrogens is 272 g/mol. The minimum atomic E-state index is -1.17. The molecule has 1 aromatic carbocycles. The predicted molar refractivity (Wildman–Crippen MR) is 77.5 cm³/mol. The van der Waals surface area contributed by atoms with E-state index in [9.17, 15) is 14.4 Å². The number of primary amides is 1. The standard InChI is InChI=1S/C15H20N2O4/c1-10-3-2-4-11(9-10)5-8-14(19)17-12(15(20)21)6-7-13(16)18/h2-4,9,12H,5-8H2,1H3,(H2,16,18)(H,17,19)(H,20,21)/t12-/m1/s1. The first-order valence-corrected chi connectivity index (χ1v) is 6.74. The van der Waals surface area contributed by atoms with Gasteiger partial charge < -0.3 is 16.2 Å². The molecule has 0 heterocycles. The van der Waals surface area contributed by atoms with Crippen LogP contribution in [0.4, 0.5) is 0 Å². The number of amides is 2. The molecule has 0 fully saturated rings. The zero-order valence-corrected chi connectivity index (χ0v) is 12.0. The molecule has 1 rings (SSSR count). The first kappa shape index (κ1) is 16.7. The van der Waals surface area contributed by atoms with Crippen LogP contribution in [0.1, 0.15) is 30.4 Å². The predicted octanol–water partition coefficient (Wildman–Crippen LogP) is 0.763. The van der Waals surface area contributed by atoms with Crippen molar-refractivity contribution in [3.05, 3.63) is 35.4 Å². The molecule has 6 heteroatoms. The van der Waals surface area contributed by atoms with E-state index in [-0.39, 0.29) is 25.2 Å². The van der Waals surface area contributed by atoms with Crippen molar-refractivity contribution >= 4 is 17.8 Å². The number of hydrogen-bond donors (Lipinski definition) is 3. The molecule has 0 aromatic heterocycles. The second-order valence-corrected chi connectivity index (χ2v) is 4.95. The number of carbonyl (C=O) groups is 3. The number of carboxylic acid groups (broad SMARTS) is 1. The summed E-state index contributed by atoms with van der Waals surface area (Å²) in [4.78, 5) is 33.4. The second-order valence-electron chi connectivity index (χ2n) is 4.95. The maximum absolute atomic E-state index is 11.8. The molecule has 0 saturated heterocycles. The van der Waals surface area contributed by atoms with E-state index in [0.717, 1.165) is 11.1 Å². The molecule has 0 aliphatic heterocycles. The van der Waals surface area contributed by atoms with E-state index in [2.05, 4.69) is 5.32 Å². The Hall–Kier alpha value is -2.37. The lowest BCUT2D eigenvalue weighted by molar-refractivity contribution is -0.142. The molecule has 1 atom stereocenters. The first-order valence-electron chi connectivity index (χ1n) is 6.74. The molecule has 114 valence electrons. The van der Waals surface area contributed by atoms with Crippen LogP contribution in [0.3, 0.4) is 0 Å². The Morgan fingerprint density at radius 3 is 2.57 bits per heavy atom. The summed E-state index contributed by atoms with van der Waals surface area (Å²) in [5.74, 6) is -2.11. The Kier molecular flexibility index (Phi) is 6.39. The molecule has 1 aromatic rings. The van der Waals surface area contributed by atoms with Crippen LogP contribution in [0.25, 0.3) is 0 Å². The third kappa shape index (κ3) is 6.56. The molecule has 4 N–H and O–H groups in total. The summed E-state index contributed by atoms with van der Waals surface area (Å²) in [5.41, 5.74) is 7.11. The highest BCUT2D eigenvalue weighted by molar-refractivity contribution is 5.84. The Morgan fingerprint density at radius 1 is 1.29 bits per heavy atom. The van der Waals surface area contributed by atoms with Crippen molar-refractivity contribution in [3.8, 4) is 0 Å². The highest BCUT2D eigenvalue weighted by Crippen LogP contribution is 2.07. The van der Waals surface area contributed by atoms with E-state index in [1.807, 2.05) is 31.2 Å². The zero-order chi connectivity index (χ0) is 15.8. The lowest BCUT2D eigenvalue weighted by atomic mass is 10.1. The number of hydrogen-bond acceptors (Lipinski definition) is 3. The Bertz CT molecular complexity index is 528. The Labute approximate surface area is 123 Å². The first-order chi connectivity index (χ1) is 9.88. The summed E-state index contributed by atoms with van der Waals surface area (Å²) in [5, 5.41) is 11.4. The van der Waals surface area contributed by atoms with Crippen LogP contribution in [-0.2, 0) is 20.8 Å². The van der Waals surface area contributed by atoms with Crippen molar-refractivity contribution in [2.75, 3.05) is 0 Å². The maximum Gasteiger partial charge on any atom is 0.326 e. The van der Waals surface area contributed by atoms with Gasteiger partial charge in [0, 0.05) is 12.8 Å². The third-order valence-electron chi connectivity index (χ3n) is 3.04. The normalized spacial score (nSPS) is 11.7. The molecule has 6 nitrogen and oxygen atoms in total. The van der Waals surface area contributed by atoms with E-state index in [1.54, 1.807) is 0 Å². The number of carboxylic acids is 1. The van der Waals surface area contributed by atoms with E-state index < -0.39 is 17.9 Å². The van der Waals surface area contributed by atoms with Gasteiger partial charge in [-0.1, -0.05) is 29.8 Å². The summed E-state index contributed by atoms with van der Waals surface area (Å²) in [7, 11) is 0. The number of aryl methyl sites for hydroxylation is 2. The van der Waals surface area contributed by atoms with Crippen LogP contribution in [0.2, 0.25) is 0 Å². The van der Waals surface area contributed by atoms with Gasteiger partial charge in [-0.2, -0.15) is 0 Å². The number of nitrogens with two attached hydrogens (primary N) is 1. The summed E-state index contributed by atoms with van der Waals surface area (Å²) in [6, 6.07) is 6.70. The van der Waals surface area contributed by atoms with Gasteiger partial charge in [0.2, 0.25) is 11.8 Å². The molecule has 21 heavy (non-hydrogen) atoms. The Balaban J connectivity index is 2.46. The van der Waals surface area contributed by atoms with Gasteiger partial charge in [0.05, 0.1) is 0 Å². The number of rotatable bonds is 8. The average Bonchev–Trinajstić information content (AvgIpc) is 2.40. The van der Waals surface area contributed by atoms with Gasteiger partial charge in [-0.05, 0) is 25.3 Å². The zero-order valence-electron chi connectivity index (χ0n) is 12.0. The van der Waals surface area contributed by atoms with Crippen LogP contribution >= 0.6 is 0 Å². The molecule has 0 unspecified atom stereocenters. The number of nitrogens with one attached hydrogen (secondary N) is 1. The van der Waals surface area contributed by atoms with Crippen LogP contribution in [-0.4, -0.2) is 28.9 Å². The van der Waals surface area contributed by atoms with E-state index in [0.29, 0.717) is 6.42 Å². The van der Waals surface area contributed by atoms with Crippen molar-refractivity contribution in [2.45, 2.75) is 38.6 Å². The monoisotopic (exact) mass is 292 g/mol. The largest absolute Gasteiger partial charge is 0.480 e. The van der Waals surface area contributed by atoms with Gasteiger partial charge in [-0.3, -0.25) is 9.59 Å². The van der Waals surface area contributed by atoms with E-state index >= 15 is 0 Å². The van der Waals surface area contributed by atoms with Crippen molar-refractivity contribution in [1.82, 2.24) is 5.32 Å². The van der Waals surface area contributed by atoms with E-state index in [4.69, 9.17) is 10.8 Å². The summed E-state index contributed by atoms with van der Waals surface area (Å²) >= 11 is 0. The number of carbonyl (C=O) groups excluding carboxylic acids is 2. The van der Waals surface area contributed by atoms with Gasteiger partial charge in [0.25, 0.3) is 0 Å². The second kappa shape index (κ2) is 8.04. The highest BCUT2D eigenvalue weighted by Gasteiger charge is 2.20. The lowest BCUT2D eigenvalue weighted by Gasteiger charge is -2.13. The quantitative estimate of drug-likeness (QED) is 0.657. The van der Waals surface area contributed by atoms with Crippen LogP contribution in [0.5, 0.6) is 0 Å². The summed E-state index contributed by atoms with van der Waals surface area (Å²) < 4.78 is 0. The average molecular weight is 292 g/mol. The van der Waals surface area contributed by atoms with Gasteiger partial charge in [0.1, 0.15) is 6.04 Å². The van der Waals surface area contributed by atoms with Crippen LogP contribution in [0.15, 0.2) is 24.3 Å². The van der Waals surface area contributed by atoms with Gasteiger partial charge >= 0.3 is 5.97 Å².